The summed E-state index contributed by atoms with van der Waals surface area (Å²) in [6, 6.07) is 27.0. The second kappa shape index (κ2) is 6.77. The number of nitrogens with zero attached hydrogens (tertiary/aromatic N) is 2. The zero-order valence-electron chi connectivity index (χ0n) is 15.2. The van der Waals surface area contributed by atoms with E-state index in [4.69, 9.17) is 16.6 Å². The molecule has 0 unspecified atom stereocenters. The molecular formula is C24H16BrClN2. The molecule has 0 saturated carbocycles. The van der Waals surface area contributed by atoms with Crippen molar-refractivity contribution in [3.05, 3.63) is 93.9 Å². The monoisotopic (exact) mass is 446 g/mol. The maximum Gasteiger partial charge on any atom is 0.146 e. The molecule has 0 amide bonds. The highest BCUT2D eigenvalue weighted by Crippen LogP contribution is 2.37. The van der Waals surface area contributed by atoms with Crippen LogP contribution in [0.3, 0.4) is 0 Å². The summed E-state index contributed by atoms with van der Waals surface area (Å²) in [5.41, 5.74) is 5.12. The molecule has 0 bridgehead atoms. The highest BCUT2D eigenvalue weighted by atomic mass is 79.9. The molecule has 4 aromatic carbocycles. The molecule has 0 radical (unpaired) electrons. The lowest BCUT2D eigenvalue weighted by atomic mass is 10.0. The number of hydrogen-bond acceptors (Lipinski definition) is 1. The molecule has 5 rings (SSSR count). The molecule has 2 nitrogen and oxygen atoms in total. The van der Waals surface area contributed by atoms with E-state index in [0.717, 1.165) is 38.1 Å². The van der Waals surface area contributed by atoms with Crippen molar-refractivity contribution in [2.45, 2.75) is 6.92 Å². The zero-order valence-corrected chi connectivity index (χ0v) is 17.5. The lowest BCUT2D eigenvalue weighted by molar-refractivity contribution is 1.10. The molecule has 0 spiro atoms. The summed E-state index contributed by atoms with van der Waals surface area (Å²) >= 11 is 10.3. The molecule has 0 aliphatic rings. The third-order valence-electron chi connectivity index (χ3n) is 4.99. The first-order chi connectivity index (χ1) is 13.6. The van der Waals surface area contributed by atoms with E-state index >= 15 is 0 Å². The Balaban J connectivity index is 1.93. The van der Waals surface area contributed by atoms with E-state index in [1.165, 1.54) is 10.8 Å². The van der Waals surface area contributed by atoms with Crippen LogP contribution in [-0.4, -0.2) is 9.55 Å². The Morgan fingerprint density at radius 3 is 2.54 bits per heavy atom. The molecule has 1 aromatic heterocycles. The van der Waals surface area contributed by atoms with Gasteiger partial charge in [-0.05, 0) is 63.5 Å². The standard InChI is InChI=1S/C24H16BrClN2/c1-15-13-19(25)23(26)22(14-15)28-21-12-5-4-11-20(21)27-24(28)18-10-6-8-16-7-2-3-9-17(16)18/h2-14H,1H3. The van der Waals surface area contributed by atoms with Crippen molar-refractivity contribution in [3.63, 3.8) is 0 Å². The van der Waals surface area contributed by atoms with Crippen molar-refractivity contribution in [1.29, 1.82) is 0 Å². The molecule has 0 saturated heterocycles. The largest absolute Gasteiger partial charge is 0.291 e. The van der Waals surface area contributed by atoms with Crippen molar-refractivity contribution in [2.75, 3.05) is 0 Å². The van der Waals surface area contributed by atoms with Gasteiger partial charge in [0.15, 0.2) is 0 Å². The van der Waals surface area contributed by atoms with Gasteiger partial charge in [0, 0.05) is 10.0 Å². The van der Waals surface area contributed by atoms with Crippen LogP contribution in [0.15, 0.2) is 83.3 Å². The van der Waals surface area contributed by atoms with Gasteiger partial charge < -0.3 is 0 Å². The average molecular weight is 448 g/mol. The molecule has 0 aliphatic heterocycles. The summed E-state index contributed by atoms with van der Waals surface area (Å²) in [6.45, 7) is 2.07. The van der Waals surface area contributed by atoms with Gasteiger partial charge in [-0.1, -0.05) is 66.2 Å². The Morgan fingerprint density at radius 1 is 0.893 bits per heavy atom. The van der Waals surface area contributed by atoms with Gasteiger partial charge in [-0.25, -0.2) is 4.98 Å². The van der Waals surface area contributed by atoms with Gasteiger partial charge in [-0.2, -0.15) is 0 Å². The minimum Gasteiger partial charge on any atom is -0.291 e. The van der Waals surface area contributed by atoms with E-state index in [0.29, 0.717) is 5.02 Å². The van der Waals surface area contributed by atoms with Crippen molar-refractivity contribution >= 4 is 49.3 Å². The molecule has 4 heteroatoms. The van der Waals surface area contributed by atoms with Gasteiger partial charge in [0.2, 0.25) is 0 Å². The van der Waals surface area contributed by atoms with E-state index in [1.54, 1.807) is 0 Å². The van der Waals surface area contributed by atoms with Gasteiger partial charge >= 0.3 is 0 Å². The minimum atomic E-state index is 0.676. The molecule has 136 valence electrons. The number of aromatic nitrogens is 2. The zero-order chi connectivity index (χ0) is 19.3. The van der Waals surface area contributed by atoms with E-state index in [9.17, 15) is 0 Å². The number of para-hydroxylation sites is 2. The molecule has 1 heterocycles. The van der Waals surface area contributed by atoms with Gasteiger partial charge in [0.25, 0.3) is 0 Å². The predicted octanol–water partition coefficient (Wildman–Crippen LogP) is 7.57. The number of rotatable bonds is 2. The molecule has 0 atom stereocenters. The topological polar surface area (TPSA) is 17.8 Å². The molecule has 0 fully saturated rings. The smallest absolute Gasteiger partial charge is 0.146 e. The van der Waals surface area contributed by atoms with Crippen LogP contribution in [0.5, 0.6) is 0 Å². The Hall–Kier alpha value is -2.62. The van der Waals surface area contributed by atoms with Crippen molar-refractivity contribution < 1.29 is 0 Å². The number of hydrogen-bond donors (Lipinski definition) is 0. The Morgan fingerprint density at radius 2 is 1.64 bits per heavy atom. The summed E-state index contributed by atoms with van der Waals surface area (Å²) in [5, 5.41) is 3.04. The van der Waals surface area contributed by atoms with Gasteiger partial charge in [-0.3, -0.25) is 4.57 Å². The highest BCUT2D eigenvalue weighted by Gasteiger charge is 2.19. The number of fused-ring (bicyclic) bond motifs is 2. The normalized spacial score (nSPS) is 11.4. The van der Waals surface area contributed by atoms with Crippen LogP contribution in [-0.2, 0) is 0 Å². The lowest BCUT2D eigenvalue weighted by Crippen LogP contribution is -2.00. The molecule has 5 aromatic rings. The Bertz CT molecular complexity index is 1350. The van der Waals surface area contributed by atoms with Crippen molar-refractivity contribution in [3.8, 4) is 17.1 Å². The van der Waals surface area contributed by atoms with E-state index < -0.39 is 0 Å². The number of benzene rings is 4. The van der Waals surface area contributed by atoms with Gasteiger partial charge in [0.05, 0.1) is 21.7 Å². The van der Waals surface area contributed by atoms with Gasteiger partial charge in [0.1, 0.15) is 5.82 Å². The van der Waals surface area contributed by atoms with Crippen molar-refractivity contribution in [2.24, 2.45) is 0 Å². The number of halogens is 2. The Labute approximate surface area is 176 Å². The lowest BCUT2D eigenvalue weighted by Gasteiger charge is -2.14. The summed E-state index contributed by atoms with van der Waals surface area (Å²) in [7, 11) is 0. The summed E-state index contributed by atoms with van der Waals surface area (Å²) < 4.78 is 3.04. The first-order valence-electron chi connectivity index (χ1n) is 9.05. The van der Waals surface area contributed by atoms with Crippen LogP contribution < -0.4 is 0 Å². The average Bonchev–Trinajstić information content (AvgIpc) is 3.09. The summed E-state index contributed by atoms with van der Waals surface area (Å²) in [6.07, 6.45) is 0. The number of imidazole rings is 1. The summed E-state index contributed by atoms with van der Waals surface area (Å²) in [5.74, 6) is 0.886. The molecular weight excluding hydrogens is 432 g/mol. The maximum atomic E-state index is 6.74. The predicted molar refractivity (Wildman–Crippen MR) is 121 cm³/mol. The van der Waals surface area contributed by atoms with Crippen LogP contribution in [0.1, 0.15) is 5.56 Å². The van der Waals surface area contributed by atoms with Gasteiger partial charge in [-0.15, -0.1) is 0 Å². The molecule has 28 heavy (non-hydrogen) atoms. The fraction of sp³-hybridized carbons (Fsp3) is 0.0417. The fourth-order valence-electron chi connectivity index (χ4n) is 3.74. The third-order valence-corrected chi connectivity index (χ3v) is 6.24. The highest BCUT2D eigenvalue weighted by molar-refractivity contribution is 9.10. The van der Waals surface area contributed by atoms with E-state index in [2.05, 4.69) is 82.0 Å². The van der Waals surface area contributed by atoms with E-state index in [-0.39, 0.29) is 0 Å². The first-order valence-corrected chi connectivity index (χ1v) is 10.2. The van der Waals surface area contributed by atoms with Crippen LogP contribution >= 0.6 is 27.5 Å². The quantitative estimate of drug-likeness (QED) is 0.273. The minimum absolute atomic E-state index is 0.676. The SMILES string of the molecule is Cc1cc(Br)c(Cl)c(-n2c(-c3cccc4ccccc34)nc3ccccc32)c1. The summed E-state index contributed by atoms with van der Waals surface area (Å²) in [4.78, 5) is 5.00. The van der Waals surface area contributed by atoms with Crippen LogP contribution in [0.25, 0.3) is 38.9 Å². The van der Waals surface area contributed by atoms with Crippen LogP contribution in [0.2, 0.25) is 5.02 Å². The van der Waals surface area contributed by atoms with Crippen LogP contribution in [0.4, 0.5) is 0 Å². The maximum absolute atomic E-state index is 6.74. The fourth-order valence-corrected chi connectivity index (χ4v) is 4.50. The molecule has 0 aliphatic carbocycles. The molecule has 0 N–H and O–H groups in total. The second-order valence-electron chi connectivity index (χ2n) is 6.87. The van der Waals surface area contributed by atoms with Crippen LogP contribution in [0, 0.1) is 6.92 Å². The first kappa shape index (κ1) is 17.5. The third kappa shape index (κ3) is 2.74. The Kier molecular flexibility index (Phi) is 4.22. The second-order valence-corrected chi connectivity index (χ2v) is 8.10. The van der Waals surface area contributed by atoms with Crippen molar-refractivity contribution in [1.82, 2.24) is 9.55 Å². The van der Waals surface area contributed by atoms with E-state index in [1.807, 2.05) is 24.3 Å². The number of aryl methyl sites for hydroxylation is 1.